The lowest BCUT2D eigenvalue weighted by Crippen LogP contribution is -2.51. The van der Waals surface area contributed by atoms with Crippen molar-refractivity contribution in [2.24, 2.45) is 11.3 Å². The van der Waals surface area contributed by atoms with Crippen LogP contribution >= 0.6 is 0 Å². The van der Waals surface area contributed by atoms with Crippen molar-refractivity contribution < 1.29 is 19.8 Å². The molecule has 1 aromatic rings. The average molecular weight is 438 g/mol. The normalized spacial score (nSPS) is 19.9. The summed E-state index contributed by atoms with van der Waals surface area (Å²) in [7, 11) is 1.00. The van der Waals surface area contributed by atoms with Gasteiger partial charge in [0.05, 0.1) is 0 Å². The maximum Gasteiger partial charge on any atom is 0.225 e. The number of hydrogen-bond acceptors (Lipinski definition) is 4. The molecule has 2 heterocycles. The van der Waals surface area contributed by atoms with Gasteiger partial charge in [0, 0.05) is 32.7 Å². The number of halogens is 1. The number of piperidine rings is 1. The van der Waals surface area contributed by atoms with Gasteiger partial charge < -0.3 is 26.1 Å². The summed E-state index contributed by atoms with van der Waals surface area (Å²) in [6.45, 7) is 9.77. The highest BCUT2D eigenvalue weighted by Gasteiger charge is 2.48. The lowest BCUT2D eigenvalue weighted by atomic mass is 9.57. The van der Waals surface area contributed by atoms with Gasteiger partial charge in [-0.25, -0.2) is 4.39 Å². The fraction of sp³-hybridized carbons (Fsp3) is 0.625. The fourth-order valence-electron chi connectivity index (χ4n) is 4.64. The first-order valence-electron chi connectivity index (χ1n) is 11.1. The molecule has 4 rings (SSSR count). The van der Waals surface area contributed by atoms with E-state index in [0.717, 1.165) is 77.6 Å². The van der Waals surface area contributed by atoms with Gasteiger partial charge in [-0.05, 0) is 81.3 Å². The van der Waals surface area contributed by atoms with Gasteiger partial charge in [-0.2, -0.15) is 0 Å². The summed E-state index contributed by atoms with van der Waals surface area (Å²) in [6, 6.07) is 6.44. The monoisotopic (exact) mass is 437 g/mol. The van der Waals surface area contributed by atoms with Crippen LogP contribution in [-0.4, -0.2) is 67.8 Å². The van der Waals surface area contributed by atoms with Crippen LogP contribution in [0.3, 0.4) is 0 Å². The summed E-state index contributed by atoms with van der Waals surface area (Å²) in [5, 5.41) is 13.8. The Kier molecular flexibility index (Phi) is 12.6. The second-order valence-electron chi connectivity index (χ2n) is 8.40. The molecule has 3 fully saturated rings. The topological polar surface area (TPSA) is 96.1 Å². The number of amides is 1. The van der Waals surface area contributed by atoms with E-state index in [9.17, 15) is 9.18 Å². The standard InChI is InChI=1S/C14H25N3O.C9H9F.CH4O.H2O/c18-13(17-8-1-4-15-7-9-17)12-10-14(11-12)2-5-16-6-3-14;1-2-3-8-4-6-9(10)7-5-8;1-2;/h12,15-16H,1-11H2;2,4-7H,1,3H2;2H,1H3;1H2. The number of allylic oxidation sites excluding steroid dienone is 1. The predicted molar refractivity (Wildman–Crippen MR) is 123 cm³/mol. The van der Waals surface area contributed by atoms with E-state index in [0.29, 0.717) is 17.2 Å². The molecular weight excluding hydrogens is 397 g/mol. The zero-order chi connectivity index (χ0) is 21.8. The highest BCUT2D eigenvalue weighted by Crippen LogP contribution is 2.52. The lowest BCUT2D eigenvalue weighted by Gasteiger charge is -2.50. The molecule has 31 heavy (non-hydrogen) atoms. The molecule has 1 saturated carbocycles. The van der Waals surface area contributed by atoms with Crippen molar-refractivity contribution in [2.45, 2.75) is 38.5 Å². The lowest BCUT2D eigenvalue weighted by molar-refractivity contribution is -0.144. The van der Waals surface area contributed by atoms with E-state index < -0.39 is 0 Å². The van der Waals surface area contributed by atoms with Crippen molar-refractivity contribution in [2.75, 3.05) is 46.4 Å². The zero-order valence-electron chi connectivity index (χ0n) is 18.8. The molecule has 2 aliphatic heterocycles. The van der Waals surface area contributed by atoms with E-state index in [1.54, 1.807) is 18.2 Å². The Morgan fingerprint density at radius 3 is 2.35 bits per heavy atom. The maximum absolute atomic E-state index is 12.4. The van der Waals surface area contributed by atoms with Gasteiger partial charge in [-0.3, -0.25) is 4.79 Å². The first kappa shape index (κ1) is 27.2. The number of hydrogen-bond donors (Lipinski definition) is 3. The quantitative estimate of drug-likeness (QED) is 0.630. The van der Waals surface area contributed by atoms with Crippen LogP contribution in [0.2, 0.25) is 0 Å². The van der Waals surface area contributed by atoms with Crippen molar-refractivity contribution in [1.29, 1.82) is 0 Å². The third-order valence-electron chi connectivity index (χ3n) is 6.32. The number of nitrogens with zero attached hydrogens (tertiary/aromatic N) is 1. The number of benzene rings is 1. The van der Waals surface area contributed by atoms with Gasteiger partial charge in [0.25, 0.3) is 0 Å². The van der Waals surface area contributed by atoms with E-state index in [4.69, 9.17) is 5.11 Å². The summed E-state index contributed by atoms with van der Waals surface area (Å²) in [6.07, 6.45) is 8.56. The minimum absolute atomic E-state index is 0. The Bertz CT molecular complexity index is 632. The number of rotatable bonds is 3. The second kappa shape index (κ2) is 14.3. The van der Waals surface area contributed by atoms with Crippen molar-refractivity contribution >= 4 is 5.91 Å². The molecule has 0 bridgehead atoms. The minimum Gasteiger partial charge on any atom is -0.412 e. The first-order chi connectivity index (χ1) is 14.6. The molecule has 1 aliphatic carbocycles. The zero-order valence-corrected chi connectivity index (χ0v) is 18.8. The molecule has 5 N–H and O–H groups in total. The smallest absolute Gasteiger partial charge is 0.225 e. The molecule has 0 atom stereocenters. The van der Waals surface area contributed by atoms with Crippen LogP contribution in [0.1, 0.15) is 37.7 Å². The number of carbonyl (C=O) groups excluding carboxylic acids is 1. The van der Waals surface area contributed by atoms with E-state index in [1.807, 2.05) is 0 Å². The summed E-state index contributed by atoms with van der Waals surface area (Å²) in [5.41, 5.74) is 1.62. The van der Waals surface area contributed by atoms with Gasteiger partial charge in [0.1, 0.15) is 5.82 Å². The summed E-state index contributed by atoms with van der Waals surface area (Å²) in [4.78, 5) is 14.5. The van der Waals surface area contributed by atoms with Gasteiger partial charge in [-0.1, -0.05) is 18.2 Å². The fourth-order valence-corrected chi connectivity index (χ4v) is 4.64. The number of aliphatic hydroxyl groups excluding tert-OH is 1. The van der Waals surface area contributed by atoms with Crippen molar-refractivity contribution in [3.8, 4) is 0 Å². The molecule has 1 amide bonds. The molecule has 3 aliphatic rings. The maximum atomic E-state index is 12.4. The number of nitrogens with one attached hydrogen (secondary N) is 2. The van der Waals surface area contributed by atoms with Crippen LogP contribution in [0.4, 0.5) is 4.39 Å². The molecule has 2 saturated heterocycles. The van der Waals surface area contributed by atoms with Gasteiger partial charge in [0.2, 0.25) is 5.91 Å². The average Bonchev–Trinajstić information content (AvgIpc) is 3.05. The van der Waals surface area contributed by atoms with E-state index in [1.165, 1.54) is 25.0 Å². The van der Waals surface area contributed by atoms with Crippen molar-refractivity contribution in [3.05, 3.63) is 48.3 Å². The Morgan fingerprint density at radius 2 is 1.74 bits per heavy atom. The molecule has 6 nitrogen and oxygen atoms in total. The van der Waals surface area contributed by atoms with Crippen LogP contribution in [0.5, 0.6) is 0 Å². The summed E-state index contributed by atoms with van der Waals surface area (Å²) < 4.78 is 12.3. The molecular formula is C24H40FN3O3. The third-order valence-corrected chi connectivity index (χ3v) is 6.32. The molecule has 0 unspecified atom stereocenters. The highest BCUT2D eigenvalue weighted by atomic mass is 19.1. The second-order valence-corrected chi connectivity index (χ2v) is 8.40. The number of aliphatic hydroxyl groups is 1. The summed E-state index contributed by atoms with van der Waals surface area (Å²) >= 11 is 0. The molecule has 0 radical (unpaired) electrons. The molecule has 7 heteroatoms. The van der Waals surface area contributed by atoms with Crippen LogP contribution in [0.15, 0.2) is 36.9 Å². The van der Waals surface area contributed by atoms with Crippen molar-refractivity contribution in [3.63, 3.8) is 0 Å². The van der Waals surface area contributed by atoms with E-state index >= 15 is 0 Å². The van der Waals surface area contributed by atoms with Crippen molar-refractivity contribution in [1.82, 2.24) is 15.5 Å². The third kappa shape index (κ3) is 8.33. The SMILES string of the molecule is C=CCc1ccc(F)cc1.CO.O.O=C(C1CC2(CCNCC2)C1)N1CCCNCC1. The predicted octanol–water partition coefficient (Wildman–Crippen LogP) is 1.93. The van der Waals surface area contributed by atoms with Crippen LogP contribution in [-0.2, 0) is 11.2 Å². The van der Waals surface area contributed by atoms with Gasteiger partial charge >= 0.3 is 0 Å². The van der Waals surface area contributed by atoms with Crippen LogP contribution in [0, 0.1) is 17.2 Å². The van der Waals surface area contributed by atoms with E-state index in [-0.39, 0.29) is 11.3 Å². The van der Waals surface area contributed by atoms with Crippen LogP contribution < -0.4 is 10.6 Å². The van der Waals surface area contributed by atoms with Gasteiger partial charge in [-0.15, -0.1) is 6.58 Å². The largest absolute Gasteiger partial charge is 0.412 e. The van der Waals surface area contributed by atoms with E-state index in [2.05, 4.69) is 22.1 Å². The van der Waals surface area contributed by atoms with Crippen LogP contribution in [0.25, 0.3) is 0 Å². The highest BCUT2D eigenvalue weighted by molar-refractivity contribution is 5.80. The van der Waals surface area contributed by atoms with Gasteiger partial charge in [0.15, 0.2) is 0 Å². The first-order valence-corrected chi connectivity index (χ1v) is 11.1. The Balaban J connectivity index is 0.000000318. The Morgan fingerprint density at radius 1 is 1.13 bits per heavy atom. The summed E-state index contributed by atoms with van der Waals surface area (Å²) in [5.74, 6) is 0.580. The molecule has 1 spiro atoms. The molecule has 0 aromatic heterocycles. The Labute approximate surface area is 186 Å². The number of carbonyl (C=O) groups is 1. The molecule has 176 valence electrons. The minimum atomic E-state index is -0.187. The molecule has 1 aromatic carbocycles. The Hall–Kier alpha value is -1.80.